The predicted molar refractivity (Wildman–Crippen MR) is 126 cm³/mol. The number of hydrogen-bond acceptors (Lipinski definition) is 7. The number of carbonyl (C=O) groups is 1. The molecule has 1 fully saturated rings. The molecule has 162 valence electrons. The average molecular weight is 459 g/mol. The molecule has 0 bridgehead atoms. The van der Waals surface area contributed by atoms with Crippen molar-refractivity contribution in [1.82, 2.24) is 14.8 Å². The second kappa shape index (κ2) is 9.59. The molecular weight excluding hydrogens is 436 g/mol. The molecule has 3 heterocycles. The van der Waals surface area contributed by atoms with E-state index in [9.17, 15) is 4.79 Å². The molecule has 3 aromatic rings. The number of ether oxygens (including phenoxy) is 1. The van der Waals surface area contributed by atoms with Crippen molar-refractivity contribution in [3.8, 4) is 5.82 Å². The number of amides is 1. The van der Waals surface area contributed by atoms with Gasteiger partial charge in [0.05, 0.1) is 36.4 Å². The summed E-state index contributed by atoms with van der Waals surface area (Å²) in [6, 6.07) is 9.20. The highest BCUT2D eigenvalue weighted by Gasteiger charge is 2.17. The molecule has 0 aliphatic carbocycles. The first kappa shape index (κ1) is 21.5. The molecule has 2 N–H and O–H groups in total. The van der Waals surface area contributed by atoms with Crippen molar-refractivity contribution < 1.29 is 9.53 Å². The van der Waals surface area contributed by atoms with Gasteiger partial charge >= 0.3 is 0 Å². The molecule has 1 unspecified atom stereocenters. The van der Waals surface area contributed by atoms with Crippen molar-refractivity contribution >= 4 is 46.5 Å². The normalized spacial score (nSPS) is 16.2. The molecule has 8 nitrogen and oxygen atoms in total. The topological polar surface area (TPSA) is 84.3 Å². The Morgan fingerprint density at radius 2 is 2.10 bits per heavy atom. The third kappa shape index (κ3) is 5.30. The van der Waals surface area contributed by atoms with E-state index in [1.54, 1.807) is 23.0 Å². The lowest BCUT2D eigenvalue weighted by atomic mass is 10.2. The van der Waals surface area contributed by atoms with Gasteiger partial charge in [0, 0.05) is 41.9 Å². The van der Waals surface area contributed by atoms with Crippen molar-refractivity contribution in [2.45, 2.75) is 13.0 Å². The molecule has 1 atom stereocenters. The Balaban J connectivity index is 1.45. The molecule has 0 spiro atoms. The Morgan fingerprint density at radius 3 is 2.84 bits per heavy atom. The molecule has 1 aliphatic rings. The highest BCUT2D eigenvalue weighted by molar-refractivity contribution is 7.99. The van der Waals surface area contributed by atoms with Gasteiger partial charge in [0.2, 0.25) is 0 Å². The Morgan fingerprint density at radius 1 is 1.26 bits per heavy atom. The fourth-order valence-electron chi connectivity index (χ4n) is 3.36. The van der Waals surface area contributed by atoms with Gasteiger partial charge in [0.1, 0.15) is 0 Å². The third-order valence-corrected chi connectivity index (χ3v) is 5.45. The minimum absolute atomic E-state index is 0.202. The molecule has 1 aromatic carbocycles. The fourth-order valence-corrected chi connectivity index (χ4v) is 3.95. The number of anilines is 3. The van der Waals surface area contributed by atoms with E-state index in [1.165, 1.54) is 18.1 Å². The van der Waals surface area contributed by atoms with Crippen molar-refractivity contribution in [1.29, 1.82) is 0 Å². The number of rotatable bonds is 6. The van der Waals surface area contributed by atoms with E-state index in [0.717, 1.165) is 24.5 Å². The van der Waals surface area contributed by atoms with Gasteiger partial charge in [-0.3, -0.25) is 4.79 Å². The van der Waals surface area contributed by atoms with Crippen LogP contribution < -0.4 is 14.9 Å². The SMILES string of the molecule is CSNc1cc(Cl)cc(NC(=O)c2cnn(-c3ccc(N4CCOC(C)C4)cn3)c2)c1. The first-order valence-corrected chi connectivity index (χ1v) is 11.4. The molecule has 1 amide bonds. The zero-order chi connectivity index (χ0) is 21.8. The molecular formula is C21H23ClN6O2S. The summed E-state index contributed by atoms with van der Waals surface area (Å²) in [6.07, 6.45) is 7.10. The van der Waals surface area contributed by atoms with Crippen LogP contribution in [0, 0.1) is 0 Å². The Bertz CT molecular complexity index is 1060. The van der Waals surface area contributed by atoms with Crippen LogP contribution in [0.15, 0.2) is 48.9 Å². The molecule has 1 aliphatic heterocycles. The molecule has 31 heavy (non-hydrogen) atoms. The third-order valence-electron chi connectivity index (χ3n) is 4.79. The summed E-state index contributed by atoms with van der Waals surface area (Å²) in [6.45, 7) is 4.45. The summed E-state index contributed by atoms with van der Waals surface area (Å²) in [5.74, 6) is 0.362. The molecule has 1 saturated heterocycles. The van der Waals surface area contributed by atoms with Crippen LogP contribution in [-0.2, 0) is 4.74 Å². The van der Waals surface area contributed by atoms with Crippen LogP contribution in [-0.4, -0.2) is 52.7 Å². The van der Waals surface area contributed by atoms with Crippen LogP contribution in [0.5, 0.6) is 0 Å². The van der Waals surface area contributed by atoms with Crippen LogP contribution in [0.25, 0.3) is 5.82 Å². The summed E-state index contributed by atoms with van der Waals surface area (Å²) >= 11 is 7.59. The van der Waals surface area contributed by atoms with Gasteiger partial charge in [-0.25, -0.2) is 9.67 Å². The Kier molecular flexibility index (Phi) is 6.64. The standard InChI is InChI=1S/C21H23ClN6O2S/c1-14-12-27(5-6-30-14)19-3-4-20(23-11-19)28-13-15(10-24-28)21(29)25-17-7-16(22)8-18(9-17)26-31-2/h3-4,7-11,13-14,26H,5-6,12H2,1-2H3,(H,25,29). The van der Waals surface area contributed by atoms with Crippen LogP contribution in [0.4, 0.5) is 17.1 Å². The monoisotopic (exact) mass is 458 g/mol. The number of nitrogens with one attached hydrogen (secondary N) is 2. The van der Waals surface area contributed by atoms with E-state index in [1.807, 2.05) is 30.7 Å². The number of benzene rings is 1. The van der Waals surface area contributed by atoms with Gasteiger partial charge in [-0.05, 0) is 37.3 Å². The maximum atomic E-state index is 12.7. The molecule has 2 aromatic heterocycles. The summed E-state index contributed by atoms with van der Waals surface area (Å²) in [4.78, 5) is 19.4. The number of carbonyl (C=O) groups excluding carboxylic acids is 1. The Hall–Kier alpha value is -2.75. The van der Waals surface area contributed by atoms with Gasteiger partial charge < -0.3 is 19.7 Å². The van der Waals surface area contributed by atoms with Crippen LogP contribution >= 0.6 is 23.5 Å². The first-order valence-electron chi connectivity index (χ1n) is 9.80. The Labute approximate surface area is 190 Å². The van der Waals surface area contributed by atoms with Gasteiger partial charge in [0.15, 0.2) is 5.82 Å². The molecule has 0 radical (unpaired) electrons. The van der Waals surface area contributed by atoms with Gasteiger partial charge in [-0.1, -0.05) is 23.5 Å². The number of halogens is 1. The van der Waals surface area contributed by atoms with E-state index in [-0.39, 0.29) is 12.0 Å². The second-order valence-electron chi connectivity index (χ2n) is 7.16. The number of aromatic nitrogens is 3. The quantitative estimate of drug-likeness (QED) is 0.538. The van der Waals surface area contributed by atoms with Crippen molar-refractivity contribution in [2.75, 3.05) is 40.9 Å². The zero-order valence-electron chi connectivity index (χ0n) is 17.2. The van der Waals surface area contributed by atoms with E-state index in [0.29, 0.717) is 28.7 Å². The number of hydrogen-bond donors (Lipinski definition) is 2. The molecule has 4 rings (SSSR count). The van der Waals surface area contributed by atoms with Gasteiger partial charge in [0.25, 0.3) is 5.91 Å². The summed E-state index contributed by atoms with van der Waals surface area (Å²) in [5, 5.41) is 7.67. The number of pyridine rings is 1. The molecule has 10 heteroatoms. The lowest BCUT2D eigenvalue weighted by Gasteiger charge is -2.32. The predicted octanol–water partition coefficient (Wildman–Crippen LogP) is 4.09. The van der Waals surface area contributed by atoms with Crippen LogP contribution in [0.2, 0.25) is 5.02 Å². The lowest BCUT2D eigenvalue weighted by molar-refractivity contribution is 0.0532. The second-order valence-corrected chi connectivity index (χ2v) is 8.21. The highest BCUT2D eigenvalue weighted by atomic mass is 35.5. The summed E-state index contributed by atoms with van der Waals surface area (Å²) < 4.78 is 10.3. The van der Waals surface area contributed by atoms with Crippen molar-refractivity contribution in [3.05, 3.63) is 59.5 Å². The first-order chi connectivity index (χ1) is 15.0. The minimum Gasteiger partial charge on any atom is -0.375 e. The summed E-state index contributed by atoms with van der Waals surface area (Å²) in [5.41, 5.74) is 2.88. The van der Waals surface area contributed by atoms with E-state index in [2.05, 4.69) is 31.9 Å². The van der Waals surface area contributed by atoms with Gasteiger partial charge in [-0.15, -0.1) is 0 Å². The average Bonchev–Trinajstić information content (AvgIpc) is 3.24. The maximum absolute atomic E-state index is 12.7. The lowest BCUT2D eigenvalue weighted by Crippen LogP contribution is -2.41. The zero-order valence-corrected chi connectivity index (χ0v) is 18.8. The van der Waals surface area contributed by atoms with E-state index >= 15 is 0 Å². The largest absolute Gasteiger partial charge is 0.375 e. The van der Waals surface area contributed by atoms with E-state index in [4.69, 9.17) is 16.3 Å². The fraction of sp³-hybridized carbons (Fsp3) is 0.286. The van der Waals surface area contributed by atoms with Crippen molar-refractivity contribution in [3.63, 3.8) is 0 Å². The van der Waals surface area contributed by atoms with Crippen LogP contribution in [0.3, 0.4) is 0 Å². The van der Waals surface area contributed by atoms with Gasteiger partial charge in [-0.2, -0.15) is 5.10 Å². The summed E-state index contributed by atoms with van der Waals surface area (Å²) in [7, 11) is 0. The number of morpholine rings is 1. The van der Waals surface area contributed by atoms with Crippen molar-refractivity contribution in [2.24, 2.45) is 0 Å². The van der Waals surface area contributed by atoms with Crippen LogP contribution in [0.1, 0.15) is 17.3 Å². The smallest absolute Gasteiger partial charge is 0.258 e. The minimum atomic E-state index is -0.275. The maximum Gasteiger partial charge on any atom is 0.258 e. The number of nitrogens with zero attached hydrogens (tertiary/aromatic N) is 4. The highest BCUT2D eigenvalue weighted by Crippen LogP contribution is 2.24. The van der Waals surface area contributed by atoms with E-state index < -0.39 is 0 Å². The molecule has 0 saturated carbocycles.